The van der Waals surface area contributed by atoms with Crippen LogP contribution >= 0.6 is 0 Å². The average Bonchev–Trinajstić information content (AvgIpc) is 3.02. The molecule has 1 heterocycles. The molecule has 1 aliphatic heterocycles. The highest BCUT2D eigenvalue weighted by atomic mass is 19.4. The number of nitrogens with zero attached hydrogens (tertiary/aromatic N) is 1. The maximum absolute atomic E-state index is 13.9. The minimum absolute atomic E-state index is 0.0666. The molecule has 2 aliphatic rings. The number of carbonyl (C=O) groups is 2. The third-order valence-electron chi connectivity index (χ3n) is 6.65. The van der Waals surface area contributed by atoms with Gasteiger partial charge in [-0.2, -0.15) is 13.2 Å². The smallest absolute Gasteiger partial charge is 0.471 e. The second-order valence-electron chi connectivity index (χ2n) is 8.82. The number of rotatable bonds is 3. The number of allylic oxidation sites excluding steroid dienone is 1. The van der Waals surface area contributed by atoms with Gasteiger partial charge in [0.25, 0.3) is 0 Å². The normalized spacial score (nSPS) is 19.7. The molecule has 8 heteroatoms. The molecule has 1 aliphatic carbocycles. The molecule has 5 rings (SSSR count). The Hall–Kier alpha value is -4.07. The summed E-state index contributed by atoms with van der Waals surface area (Å²) in [6, 6.07) is 20.9. The van der Waals surface area contributed by atoms with Crippen LogP contribution in [0.1, 0.15) is 35.9 Å². The summed E-state index contributed by atoms with van der Waals surface area (Å²) in [4.78, 5) is 27.3. The van der Waals surface area contributed by atoms with E-state index in [1.807, 2.05) is 24.3 Å². The lowest BCUT2D eigenvalue weighted by molar-refractivity contribution is -0.170. The average molecular weight is 492 g/mol. The molecule has 0 spiro atoms. The molecule has 0 unspecified atom stereocenters. The zero-order valence-electron chi connectivity index (χ0n) is 19.4. The number of Topliss-reactive ketones (excluding diaryl/α,β-unsaturated/α-hetero) is 1. The van der Waals surface area contributed by atoms with Gasteiger partial charge in [0.1, 0.15) is 5.75 Å². The van der Waals surface area contributed by atoms with Crippen LogP contribution in [0.3, 0.4) is 0 Å². The summed E-state index contributed by atoms with van der Waals surface area (Å²) in [5.41, 5.74) is 2.46. The van der Waals surface area contributed by atoms with E-state index in [0.29, 0.717) is 34.0 Å². The monoisotopic (exact) mass is 492 g/mol. The fourth-order valence-corrected chi connectivity index (χ4v) is 5.01. The molecule has 3 aromatic carbocycles. The van der Waals surface area contributed by atoms with Gasteiger partial charge in [-0.3, -0.25) is 14.5 Å². The van der Waals surface area contributed by atoms with Crippen LogP contribution in [0.25, 0.3) is 0 Å². The van der Waals surface area contributed by atoms with Gasteiger partial charge in [0.2, 0.25) is 0 Å². The topological polar surface area (TPSA) is 58.6 Å². The van der Waals surface area contributed by atoms with Crippen molar-refractivity contribution in [1.29, 1.82) is 0 Å². The number of nitrogens with one attached hydrogen (secondary N) is 1. The van der Waals surface area contributed by atoms with Gasteiger partial charge in [-0.25, -0.2) is 0 Å². The van der Waals surface area contributed by atoms with E-state index in [0.717, 1.165) is 5.56 Å². The Bertz CT molecular complexity index is 1330. The molecule has 0 radical (unpaired) electrons. The molecule has 0 fully saturated rings. The van der Waals surface area contributed by atoms with Gasteiger partial charge >= 0.3 is 12.1 Å². The van der Waals surface area contributed by atoms with Crippen LogP contribution in [0.2, 0.25) is 0 Å². The van der Waals surface area contributed by atoms with Crippen LogP contribution in [-0.2, 0) is 9.59 Å². The second-order valence-corrected chi connectivity index (χ2v) is 8.82. The largest absolute Gasteiger partial charge is 0.497 e. The molecule has 184 valence electrons. The van der Waals surface area contributed by atoms with Crippen molar-refractivity contribution in [2.24, 2.45) is 0 Å². The van der Waals surface area contributed by atoms with E-state index in [2.05, 4.69) is 5.32 Å². The van der Waals surface area contributed by atoms with Crippen LogP contribution < -0.4 is 15.0 Å². The molecular formula is C28H23F3N2O3. The van der Waals surface area contributed by atoms with E-state index in [4.69, 9.17) is 4.74 Å². The quantitative estimate of drug-likeness (QED) is 0.476. The number of amides is 1. The predicted octanol–water partition coefficient (Wildman–Crippen LogP) is 6.16. The Morgan fingerprint density at radius 2 is 1.58 bits per heavy atom. The van der Waals surface area contributed by atoms with Crippen LogP contribution in [0.15, 0.2) is 90.1 Å². The zero-order valence-corrected chi connectivity index (χ0v) is 19.4. The van der Waals surface area contributed by atoms with E-state index in [1.54, 1.807) is 55.6 Å². The van der Waals surface area contributed by atoms with Crippen molar-refractivity contribution in [3.05, 3.63) is 101 Å². The molecule has 3 aromatic rings. The number of ether oxygens (including phenoxy) is 1. The number of ketones is 1. The molecule has 0 bridgehead atoms. The van der Waals surface area contributed by atoms with Crippen molar-refractivity contribution in [3.63, 3.8) is 0 Å². The number of methoxy groups -OCH3 is 1. The molecular weight excluding hydrogens is 469 g/mol. The Morgan fingerprint density at radius 1 is 0.917 bits per heavy atom. The van der Waals surface area contributed by atoms with Crippen molar-refractivity contribution in [2.75, 3.05) is 17.3 Å². The zero-order chi connectivity index (χ0) is 25.4. The molecule has 0 saturated carbocycles. The highest BCUT2D eigenvalue weighted by molar-refractivity contribution is 6.07. The van der Waals surface area contributed by atoms with Gasteiger partial charge in [-0.15, -0.1) is 0 Å². The predicted molar refractivity (Wildman–Crippen MR) is 130 cm³/mol. The first kappa shape index (κ1) is 23.7. The Morgan fingerprint density at radius 3 is 2.25 bits per heavy atom. The molecule has 0 saturated heterocycles. The Balaban J connectivity index is 1.69. The van der Waals surface area contributed by atoms with Crippen molar-refractivity contribution in [2.45, 2.75) is 31.0 Å². The van der Waals surface area contributed by atoms with Gasteiger partial charge in [-0.1, -0.05) is 54.6 Å². The van der Waals surface area contributed by atoms with Crippen molar-refractivity contribution in [1.82, 2.24) is 0 Å². The number of fused-ring (bicyclic) bond motifs is 1. The SMILES string of the molecule is COc1ccc([C@@H]2CC(=O)C3=C(C2)Nc2ccccc2N(C(=O)C(F)(F)F)[C@@H]3c2ccccc2)cc1. The number of halogens is 3. The maximum Gasteiger partial charge on any atom is 0.471 e. The van der Waals surface area contributed by atoms with Gasteiger partial charge in [-0.05, 0) is 47.7 Å². The summed E-state index contributed by atoms with van der Waals surface area (Å²) >= 11 is 0. The van der Waals surface area contributed by atoms with E-state index in [9.17, 15) is 22.8 Å². The number of hydrogen-bond donors (Lipinski definition) is 1. The van der Waals surface area contributed by atoms with Crippen LogP contribution in [0, 0.1) is 0 Å². The van der Waals surface area contributed by atoms with Gasteiger partial charge in [0.15, 0.2) is 5.78 Å². The summed E-state index contributed by atoms with van der Waals surface area (Å²) in [5.74, 6) is -1.81. The summed E-state index contributed by atoms with van der Waals surface area (Å²) in [6.45, 7) is 0. The van der Waals surface area contributed by atoms with E-state index in [1.165, 1.54) is 6.07 Å². The van der Waals surface area contributed by atoms with Gasteiger partial charge < -0.3 is 10.1 Å². The standard InChI is InChI=1S/C28H23F3N2O3/c1-36-20-13-11-17(12-14-20)19-15-22-25(24(34)16-19)26(18-7-3-2-4-8-18)33(27(35)28(29,30)31)23-10-6-5-9-21(23)32-22/h2-14,19,26,32H,15-16H2,1H3/t19-,26+/m0/s1. The van der Waals surface area contributed by atoms with Crippen molar-refractivity contribution in [3.8, 4) is 5.75 Å². The third kappa shape index (κ3) is 4.23. The Labute approximate surface area is 206 Å². The summed E-state index contributed by atoms with van der Waals surface area (Å²) in [6.07, 6.45) is -4.62. The van der Waals surface area contributed by atoms with Crippen LogP contribution in [-0.4, -0.2) is 25.0 Å². The minimum Gasteiger partial charge on any atom is -0.497 e. The molecule has 5 nitrogen and oxygen atoms in total. The van der Waals surface area contributed by atoms with Gasteiger partial charge in [0.05, 0.1) is 24.5 Å². The first-order chi connectivity index (χ1) is 17.3. The summed E-state index contributed by atoms with van der Waals surface area (Å²) in [5, 5.41) is 3.22. The van der Waals surface area contributed by atoms with Crippen LogP contribution in [0.5, 0.6) is 5.75 Å². The van der Waals surface area contributed by atoms with E-state index >= 15 is 0 Å². The van der Waals surface area contributed by atoms with Crippen molar-refractivity contribution < 1.29 is 27.5 Å². The first-order valence-electron chi connectivity index (χ1n) is 11.5. The fourth-order valence-electron chi connectivity index (χ4n) is 5.01. The lowest BCUT2D eigenvalue weighted by Gasteiger charge is -2.35. The Kier molecular flexibility index (Phi) is 6.04. The van der Waals surface area contributed by atoms with Gasteiger partial charge in [0, 0.05) is 17.7 Å². The molecule has 0 aromatic heterocycles. The molecule has 2 atom stereocenters. The number of benzene rings is 3. The lowest BCUT2D eigenvalue weighted by atomic mass is 9.78. The maximum atomic E-state index is 13.9. The van der Waals surface area contributed by atoms with Crippen molar-refractivity contribution >= 4 is 23.1 Å². The summed E-state index contributed by atoms with van der Waals surface area (Å²) < 4.78 is 46.9. The highest BCUT2D eigenvalue weighted by Crippen LogP contribution is 2.48. The number of hydrogen-bond acceptors (Lipinski definition) is 4. The number of para-hydroxylation sites is 2. The molecule has 1 N–H and O–H groups in total. The second kappa shape index (κ2) is 9.18. The number of anilines is 2. The molecule has 36 heavy (non-hydrogen) atoms. The summed E-state index contributed by atoms with van der Waals surface area (Å²) in [7, 11) is 1.57. The third-order valence-corrected chi connectivity index (χ3v) is 6.65. The first-order valence-corrected chi connectivity index (χ1v) is 11.5. The highest BCUT2D eigenvalue weighted by Gasteiger charge is 2.49. The van der Waals surface area contributed by atoms with Crippen LogP contribution in [0.4, 0.5) is 24.5 Å². The van der Waals surface area contributed by atoms with E-state index in [-0.39, 0.29) is 29.4 Å². The number of alkyl halides is 3. The molecule has 1 amide bonds. The minimum atomic E-state index is -5.13. The fraction of sp³-hybridized carbons (Fsp3) is 0.214. The van der Waals surface area contributed by atoms with E-state index < -0.39 is 18.1 Å². The number of carbonyl (C=O) groups excluding carboxylic acids is 2. The lowest BCUT2D eigenvalue weighted by Crippen LogP contribution is -2.45.